The molecule has 0 aromatic heterocycles. The largest absolute Gasteiger partial charge is 0.493 e. The van der Waals surface area contributed by atoms with Crippen LogP contribution in [0.2, 0.25) is 0 Å². The summed E-state index contributed by atoms with van der Waals surface area (Å²) in [5.41, 5.74) is 3.98. The van der Waals surface area contributed by atoms with Crippen molar-refractivity contribution in [1.82, 2.24) is 0 Å². The summed E-state index contributed by atoms with van der Waals surface area (Å²) >= 11 is 0. The van der Waals surface area contributed by atoms with Crippen LogP contribution < -0.4 is 4.74 Å². The highest BCUT2D eigenvalue weighted by Gasteiger charge is 2.13. The molecule has 20 heavy (non-hydrogen) atoms. The van der Waals surface area contributed by atoms with Gasteiger partial charge in [-0.1, -0.05) is 41.5 Å². The summed E-state index contributed by atoms with van der Waals surface area (Å²) in [5, 5.41) is 0. The minimum absolute atomic E-state index is 0.0982. The Hall–Kier alpha value is -2.09. The predicted molar refractivity (Wildman–Crippen MR) is 81.6 cm³/mol. The lowest BCUT2D eigenvalue weighted by Crippen LogP contribution is -2.07. The zero-order chi connectivity index (χ0) is 14.5. The summed E-state index contributed by atoms with van der Waals surface area (Å²) < 4.78 is 5.55. The van der Waals surface area contributed by atoms with Gasteiger partial charge in [-0.25, -0.2) is 0 Å². The Balaban J connectivity index is 2.23. The van der Waals surface area contributed by atoms with Crippen LogP contribution in [-0.2, 0) is 6.42 Å². The van der Waals surface area contributed by atoms with Crippen molar-refractivity contribution < 1.29 is 9.53 Å². The van der Waals surface area contributed by atoms with Crippen LogP contribution in [0, 0.1) is 13.8 Å². The Labute approximate surface area is 120 Å². The third kappa shape index (κ3) is 3.47. The molecule has 0 radical (unpaired) electrons. The maximum atomic E-state index is 12.5. The van der Waals surface area contributed by atoms with Gasteiger partial charge in [0.05, 0.1) is 12.2 Å². The van der Waals surface area contributed by atoms with E-state index in [1.807, 2.05) is 63.2 Å². The average molecular weight is 268 g/mol. The predicted octanol–water partition coefficient (Wildman–Crippen LogP) is 4.13. The van der Waals surface area contributed by atoms with Gasteiger partial charge in [-0.15, -0.1) is 0 Å². The number of carbonyl (C=O) groups excluding carboxylic acids is 1. The van der Waals surface area contributed by atoms with Crippen LogP contribution in [0.25, 0.3) is 0 Å². The van der Waals surface area contributed by atoms with Crippen LogP contribution in [0.5, 0.6) is 5.75 Å². The molecule has 0 spiro atoms. The number of Topliss-reactive ketones (excluding diaryl/α,β-unsaturated/α-hetero) is 1. The first-order valence-electron chi connectivity index (χ1n) is 6.92. The topological polar surface area (TPSA) is 26.3 Å². The highest BCUT2D eigenvalue weighted by atomic mass is 16.5. The summed E-state index contributed by atoms with van der Waals surface area (Å²) in [6.07, 6.45) is 0.407. The molecule has 0 saturated heterocycles. The summed E-state index contributed by atoms with van der Waals surface area (Å²) in [5.74, 6) is 0.774. The van der Waals surface area contributed by atoms with Crippen molar-refractivity contribution in [2.45, 2.75) is 27.2 Å². The molecule has 2 aromatic rings. The summed E-state index contributed by atoms with van der Waals surface area (Å²) in [4.78, 5) is 12.5. The number of hydrogen-bond acceptors (Lipinski definition) is 2. The van der Waals surface area contributed by atoms with Crippen molar-refractivity contribution >= 4 is 5.78 Å². The van der Waals surface area contributed by atoms with E-state index in [4.69, 9.17) is 4.74 Å². The van der Waals surface area contributed by atoms with E-state index in [9.17, 15) is 4.79 Å². The van der Waals surface area contributed by atoms with Gasteiger partial charge in [-0.3, -0.25) is 4.79 Å². The third-order valence-electron chi connectivity index (χ3n) is 3.22. The van der Waals surface area contributed by atoms with Gasteiger partial charge in [-0.05, 0) is 38.5 Å². The molecule has 0 aliphatic rings. The molecule has 2 heteroatoms. The molecule has 2 aromatic carbocycles. The number of carbonyl (C=O) groups is 1. The SMILES string of the molecule is CCOc1ccc(C)cc1C(=O)Cc1ccc(C)cc1. The van der Waals surface area contributed by atoms with Gasteiger partial charge in [0, 0.05) is 6.42 Å². The van der Waals surface area contributed by atoms with E-state index in [1.54, 1.807) is 0 Å². The molecule has 0 amide bonds. The minimum atomic E-state index is 0.0982. The van der Waals surface area contributed by atoms with Gasteiger partial charge < -0.3 is 4.74 Å². The minimum Gasteiger partial charge on any atom is -0.493 e. The molecule has 104 valence electrons. The third-order valence-corrected chi connectivity index (χ3v) is 3.22. The van der Waals surface area contributed by atoms with Crippen molar-refractivity contribution in [3.63, 3.8) is 0 Å². The number of aryl methyl sites for hydroxylation is 2. The molecule has 0 atom stereocenters. The Morgan fingerprint density at radius 1 is 1.00 bits per heavy atom. The second-order valence-corrected chi connectivity index (χ2v) is 5.02. The van der Waals surface area contributed by atoms with Crippen LogP contribution >= 0.6 is 0 Å². The van der Waals surface area contributed by atoms with Gasteiger partial charge >= 0.3 is 0 Å². The van der Waals surface area contributed by atoms with Crippen LogP contribution in [0.4, 0.5) is 0 Å². The quantitative estimate of drug-likeness (QED) is 0.762. The van der Waals surface area contributed by atoms with Crippen LogP contribution in [-0.4, -0.2) is 12.4 Å². The lowest BCUT2D eigenvalue weighted by atomic mass is 10.00. The second kappa shape index (κ2) is 6.38. The first-order valence-corrected chi connectivity index (χ1v) is 6.92. The zero-order valence-electron chi connectivity index (χ0n) is 12.3. The average Bonchev–Trinajstić information content (AvgIpc) is 2.43. The molecule has 2 rings (SSSR count). The lowest BCUT2D eigenvalue weighted by Gasteiger charge is -2.10. The molecule has 0 heterocycles. The second-order valence-electron chi connectivity index (χ2n) is 5.02. The fraction of sp³-hybridized carbons (Fsp3) is 0.278. The number of ketones is 1. The van der Waals surface area contributed by atoms with E-state index in [0.717, 1.165) is 11.1 Å². The highest BCUT2D eigenvalue weighted by Crippen LogP contribution is 2.22. The van der Waals surface area contributed by atoms with E-state index in [1.165, 1.54) is 5.56 Å². The number of hydrogen-bond donors (Lipinski definition) is 0. The van der Waals surface area contributed by atoms with E-state index in [-0.39, 0.29) is 5.78 Å². The lowest BCUT2D eigenvalue weighted by molar-refractivity contribution is 0.0989. The Bertz CT molecular complexity index is 597. The molecular weight excluding hydrogens is 248 g/mol. The van der Waals surface area contributed by atoms with Crippen molar-refractivity contribution in [2.24, 2.45) is 0 Å². The van der Waals surface area contributed by atoms with Crippen molar-refractivity contribution in [3.8, 4) is 5.75 Å². The first-order chi connectivity index (χ1) is 9.60. The van der Waals surface area contributed by atoms with Crippen LogP contribution in [0.1, 0.15) is 34.0 Å². The standard InChI is InChI=1S/C18H20O2/c1-4-20-18-10-7-14(3)11-16(18)17(19)12-15-8-5-13(2)6-9-15/h5-11H,4,12H2,1-3H3. The van der Waals surface area contributed by atoms with Crippen molar-refractivity contribution in [3.05, 3.63) is 64.7 Å². The molecule has 0 bridgehead atoms. The molecule has 0 unspecified atom stereocenters. The molecule has 2 nitrogen and oxygen atoms in total. The first kappa shape index (κ1) is 14.3. The molecule has 0 aliphatic carbocycles. The number of benzene rings is 2. The van der Waals surface area contributed by atoms with Gasteiger partial charge in [0.25, 0.3) is 0 Å². The van der Waals surface area contributed by atoms with Crippen LogP contribution in [0.15, 0.2) is 42.5 Å². The summed E-state index contributed by atoms with van der Waals surface area (Å²) in [6, 6.07) is 13.8. The normalized spacial score (nSPS) is 10.3. The van der Waals surface area contributed by atoms with E-state index in [2.05, 4.69) is 0 Å². The molecule has 0 aliphatic heterocycles. The van der Waals surface area contributed by atoms with Gasteiger partial charge in [-0.2, -0.15) is 0 Å². The summed E-state index contributed by atoms with van der Waals surface area (Å²) in [7, 11) is 0. The van der Waals surface area contributed by atoms with Gasteiger partial charge in [0.1, 0.15) is 5.75 Å². The maximum Gasteiger partial charge on any atom is 0.170 e. The van der Waals surface area contributed by atoms with Gasteiger partial charge in [0.15, 0.2) is 5.78 Å². The maximum absolute atomic E-state index is 12.5. The van der Waals surface area contributed by atoms with E-state index in [0.29, 0.717) is 24.3 Å². The number of rotatable bonds is 5. The zero-order valence-corrected chi connectivity index (χ0v) is 12.3. The van der Waals surface area contributed by atoms with E-state index < -0.39 is 0 Å². The van der Waals surface area contributed by atoms with Gasteiger partial charge in [0.2, 0.25) is 0 Å². The molecule has 0 saturated carbocycles. The molecule has 0 N–H and O–H groups in total. The van der Waals surface area contributed by atoms with Crippen molar-refractivity contribution in [2.75, 3.05) is 6.61 Å². The Morgan fingerprint density at radius 2 is 1.65 bits per heavy atom. The number of ether oxygens (including phenoxy) is 1. The molecular formula is C18H20O2. The van der Waals surface area contributed by atoms with Crippen molar-refractivity contribution in [1.29, 1.82) is 0 Å². The molecule has 0 fully saturated rings. The fourth-order valence-electron chi connectivity index (χ4n) is 2.13. The summed E-state index contributed by atoms with van der Waals surface area (Å²) in [6.45, 7) is 6.51. The highest BCUT2D eigenvalue weighted by molar-refractivity contribution is 6.00. The Kier molecular flexibility index (Phi) is 4.57. The Morgan fingerprint density at radius 3 is 2.30 bits per heavy atom. The monoisotopic (exact) mass is 268 g/mol. The van der Waals surface area contributed by atoms with E-state index >= 15 is 0 Å². The van der Waals surface area contributed by atoms with Crippen LogP contribution in [0.3, 0.4) is 0 Å². The fourth-order valence-corrected chi connectivity index (χ4v) is 2.13. The smallest absolute Gasteiger partial charge is 0.170 e.